The summed E-state index contributed by atoms with van der Waals surface area (Å²) in [5.41, 5.74) is -2.54. The lowest BCUT2D eigenvalue weighted by Crippen LogP contribution is -2.34. The molecule has 2 saturated heterocycles. The Morgan fingerprint density at radius 3 is 1.36 bits per heavy atom. The van der Waals surface area contributed by atoms with E-state index in [0.29, 0.717) is 51.9 Å². The maximum atomic E-state index is 13.4. The van der Waals surface area contributed by atoms with Gasteiger partial charge in [-0.25, -0.2) is 19.2 Å². The molecular formula is C44H46Cl2F6N6O8. The number of fused-ring (bicyclic) bond motifs is 2. The lowest BCUT2D eigenvalue weighted by atomic mass is 10.0. The number of aromatic nitrogens is 4. The van der Waals surface area contributed by atoms with E-state index in [2.05, 4.69) is 10.2 Å². The summed E-state index contributed by atoms with van der Waals surface area (Å²) in [6.45, 7) is 6.81. The van der Waals surface area contributed by atoms with E-state index < -0.39 is 47.1 Å². The first-order valence-electron chi connectivity index (χ1n) is 21.0. The summed E-state index contributed by atoms with van der Waals surface area (Å²) >= 11 is 11.5. The van der Waals surface area contributed by atoms with Crippen LogP contribution < -0.4 is 0 Å². The fourth-order valence-corrected chi connectivity index (χ4v) is 9.81. The van der Waals surface area contributed by atoms with Crippen LogP contribution in [-0.4, -0.2) is 102 Å². The van der Waals surface area contributed by atoms with Gasteiger partial charge in [0.1, 0.15) is 5.60 Å². The van der Waals surface area contributed by atoms with Crippen molar-refractivity contribution in [1.82, 2.24) is 29.4 Å². The van der Waals surface area contributed by atoms with Gasteiger partial charge in [-0.1, -0.05) is 47.5 Å². The van der Waals surface area contributed by atoms with Crippen molar-refractivity contribution in [2.75, 3.05) is 26.2 Å². The van der Waals surface area contributed by atoms with Gasteiger partial charge in [0, 0.05) is 38.6 Å². The molecule has 22 heteroatoms. The number of amides is 2. The van der Waals surface area contributed by atoms with Gasteiger partial charge in [0.2, 0.25) is 0 Å². The van der Waals surface area contributed by atoms with Crippen LogP contribution in [0.4, 0.5) is 35.9 Å². The Labute approximate surface area is 384 Å². The Morgan fingerprint density at radius 2 is 1.02 bits per heavy atom. The first-order valence-corrected chi connectivity index (χ1v) is 21.8. The first kappa shape index (κ1) is 48.7. The molecule has 0 spiro atoms. The molecule has 2 aliphatic carbocycles. The van der Waals surface area contributed by atoms with E-state index in [4.69, 9.17) is 42.5 Å². The summed E-state index contributed by atoms with van der Waals surface area (Å²) in [4.78, 5) is 51.8. The SMILES string of the molecule is CC(C)(C)OC(=O)c1ccn(C(=O)N2C[C@H]3CC(OCc4cccc(Cl)c4C(F)(F)F)C[C@H]3C2)n1.O=C(O)c1ccn(C(=O)N2C[C@H]3CC(OCc4cccc(Cl)c4C(F)(F)F)C[C@H]3C2)n1. The number of carboxylic acid groups (broad SMARTS) is 1. The highest BCUT2D eigenvalue weighted by atomic mass is 35.5. The van der Waals surface area contributed by atoms with Crippen molar-refractivity contribution in [2.24, 2.45) is 23.7 Å². The van der Waals surface area contributed by atoms with Gasteiger partial charge in [0.05, 0.1) is 46.6 Å². The van der Waals surface area contributed by atoms with Crippen molar-refractivity contribution in [2.45, 2.75) is 89.8 Å². The number of likely N-dealkylation sites (tertiary alicyclic amines) is 2. The molecule has 1 N–H and O–H groups in total. The van der Waals surface area contributed by atoms with Crippen molar-refractivity contribution in [3.63, 3.8) is 0 Å². The predicted octanol–water partition coefficient (Wildman–Crippen LogP) is 9.55. The molecule has 4 aromatic rings. The van der Waals surface area contributed by atoms with E-state index in [1.807, 2.05) is 0 Å². The third kappa shape index (κ3) is 11.3. The second-order valence-corrected chi connectivity index (χ2v) is 18.7. The first-order chi connectivity index (χ1) is 30.9. The molecule has 2 aromatic carbocycles. The minimum atomic E-state index is -4.56. The molecule has 2 aromatic heterocycles. The third-order valence-corrected chi connectivity index (χ3v) is 12.7. The maximum Gasteiger partial charge on any atom is 0.418 e. The van der Waals surface area contributed by atoms with Crippen LogP contribution in [0.25, 0.3) is 0 Å². The van der Waals surface area contributed by atoms with Crippen LogP contribution in [-0.2, 0) is 39.8 Å². The van der Waals surface area contributed by atoms with Gasteiger partial charge in [-0.3, -0.25) is 0 Å². The Hall–Kier alpha value is -5.18. The van der Waals surface area contributed by atoms with Crippen LogP contribution in [0.2, 0.25) is 10.0 Å². The number of nitrogens with zero attached hydrogens (tertiary/aromatic N) is 6. The average molecular weight is 972 g/mol. The van der Waals surface area contributed by atoms with Gasteiger partial charge in [-0.2, -0.15) is 45.9 Å². The van der Waals surface area contributed by atoms with E-state index in [1.165, 1.54) is 60.9 Å². The molecule has 356 valence electrons. The van der Waals surface area contributed by atoms with Gasteiger partial charge < -0.3 is 29.1 Å². The lowest BCUT2D eigenvalue weighted by molar-refractivity contribution is -0.139. The molecule has 2 aliphatic heterocycles. The number of hydrogen-bond acceptors (Lipinski definition) is 9. The second-order valence-electron chi connectivity index (χ2n) is 17.9. The minimum absolute atomic E-state index is 0.00165. The van der Waals surface area contributed by atoms with E-state index in [0.717, 1.165) is 9.36 Å². The fraction of sp³-hybridized carbons (Fsp3) is 0.500. The smallest absolute Gasteiger partial charge is 0.418 e. The zero-order valence-corrected chi connectivity index (χ0v) is 37.3. The number of aromatic carboxylic acids is 1. The normalized spacial score (nSPS) is 22.8. The average Bonchev–Trinajstić information content (AvgIpc) is 4.07. The number of hydrogen-bond donors (Lipinski definition) is 1. The van der Waals surface area contributed by atoms with E-state index in [1.54, 1.807) is 30.6 Å². The van der Waals surface area contributed by atoms with Crippen molar-refractivity contribution >= 4 is 47.2 Å². The molecule has 4 fully saturated rings. The summed E-state index contributed by atoms with van der Waals surface area (Å²) in [5.74, 6) is -1.10. The Balaban J connectivity index is 0.000000198. The molecule has 2 amide bonds. The molecule has 2 unspecified atom stereocenters. The van der Waals surface area contributed by atoms with Crippen LogP contribution >= 0.6 is 23.2 Å². The van der Waals surface area contributed by atoms with E-state index in [9.17, 15) is 45.5 Å². The summed E-state index contributed by atoms with van der Waals surface area (Å²) < 4.78 is 99.0. The number of rotatable bonds is 8. The monoisotopic (exact) mass is 970 g/mol. The third-order valence-electron chi connectivity index (χ3n) is 12.1. The lowest BCUT2D eigenvalue weighted by Gasteiger charge is -2.20. The summed E-state index contributed by atoms with van der Waals surface area (Å²) in [5, 5.41) is 16.1. The summed E-state index contributed by atoms with van der Waals surface area (Å²) in [6, 6.07) is 10.1. The number of carboxylic acids is 1. The largest absolute Gasteiger partial charge is 0.476 e. The van der Waals surface area contributed by atoms with Gasteiger partial charge >= 0.3 is 36.4 Å². The Morgan fingerprint density at radius 1 is 0.636 bits per heavy atom. The Bertz CT molecular complexity index is 2430. The number of halogens is 8. The molecule has 0 radical (unpaired) electrons. The quantitative estimate of drug-likeness (QED) is 0.133. The number of esters is 1. The van der Waals surface area contributed by atoms with Crippen molar-refractivity contribution in [3.8, 4) is 0 Å². The molecule has 0 bridgehead atoms. The minimum Gasteiger partial charge on any atom is -0.476 e. The fourth-order valence-electron chi connectivity index (χ4n) is 9.21. The topological polar surface area (TPSA) is 158 Å². The zero-order chi connectivity index (χ0) is 47.9. The predicted molar refractivity (Wildman–Crippen MR) is 224 cm³/mol. The highest BCUT2D eigenvalue weighted by Crippen LogP contribution is 2.43. The number of carbonyl (C=O) groups excluding carboxylic acids is 3. The van der Waals surface area contributed by atoms with Gasteiger partial charge in [-0.15, -0.1) is 0 Å². The van der Waals surface area contributed by atoms with Gasteiger partial charge in [-0.05, 0) is 106 Å². The number of ether oxygens (including phenoxy) is 3. The number of carbonyl (C=O) groups is 4. The summed E-state index contributed by atoms with van der Waals surface area (Å²) in [6.07, 6.45) is -4.18. The van der Waals surface area contributed by atoms with E-state index >= 15 is 0 Å². The Kier molecular flexibility index (Phi) is 14.2. The molecule has 2 saturated carbocycles. The van der Waals surface area contributed by atoms with Gasteiger partial charge in [0.25, 0.3) is 0 Å². The van der Waals surface area contributed by atoms with E-state index in [-0.39, 0.29) is 87.7 Å². The van der Waals surface area contributed by atoms with Crippen molar-refractivity contribution in [3.05, 3.63) is 105 Å². The number of benzene rings is 2. The van der Waals surface area contributed by atoms with Gasteiger partial charge in [0.15, 0.2) is 11.4 Å². The molecule has 66 heavy (non-hydrogen) atoms. The molecule has 14 nitrogen and oxygen atoms in total. The van der Waals surface area contributed by atoms with Crippen molar-refractivity contribution < 1.29 is 64.8 Å². The second kappa shape index (κ2) is 19.2. The highest BCUT2D eigenvalue weighted by molar-refractivity contribution is 6.31. The molecule has 4 heterocycles. The molecule has 8 rings (SSSR count). The van der Waals surface area contributed by atoms with Crippen LogP contribution in [0.5, 0.6) is 0 Å². The molecule has 6 atom stereocenters. The van der Waals surface area contributed by atoms with Crippen LogP contribution in [0.3, 0.4) is 0 Å². The number of alkyl halides is 6. The zero-order valence-electron chi connectivity index (χ0n) is 35.8. The summed E-state index contributed by atoms with van der Waals surface area (Å²) in [7, 11) is 0. The highest BCUT2D eigenvalue weighted by Gasteiger charge is 2.45. The van der Waals surface area contributed by atoms with Crippen LogP contribution in [0.1, 0.15) is 89.7 Å². The maximum absolute atomic E-state index is 13.4. The standard InChI is InChI=1S/C24H27ClF3N3O4.C20H19ClF3N3O4/c1-23(2,3)35-21(32)19-7-8-31(29-19)22(33)30-11-15-9-17(10-16(15)12-30)34-13-14-5-4-6-18(25)20(14)24(26,27)28;21-15-3-1-2-11(17(15)20(22,23)24)10-31-14-6-12-8-26(9-13(12)7-14)19(30)27-5-4-16(25-27)18(28)29/h4-8,15-17H,9-13H2,1-3H3;1-5,12-14H,6-10H2,(H,28,29)/t15-,16+,17?;12-,13+,14?. The molecule has 4 aliphatic rings. The van der Waals surface area contributed by atoms with Crippen LogP contribution in [0.15, 0.2) is 60.9 Å². The van der Waals surface area contributed by atoms with Crippen molar-refractivity contribution in [1.29, 1.82) is 0 Å². The molecular weight excluding hydrogens is 925 g/mol. The van der Waals surface area contributed by atoms with Crippen LogP contribution in [0, 0.1) is 23.7 Å².